The monoisotopic (exact) mass is 429 g/mol. The van der Waals surface area contributed by atoms with E-state index in [9.17, 15) is 10.1 Å². The van der Waals surface area contributed by atoms with E-state index in [0.29, 0.717) is 17.5 Å². The summed E-state index contributed by atoms with van der Waals surface area (Å²) >= 11 is 0. The predicted molar refractivity (Wildman–Crippen MR) is 122 cm³/mol. The Balaban J connectivity index is 1.21. The van der Waals surface area contributed by atoms with E-state index in [0.717, 1.165) is 67.8 Å². The molecule has 32 heavy (non-hydrogen) atoms. The third-order valence-electron chi connectivity index (χ3n) is 6.84. The zero-order valence-corrected chi connectivity index (χ0v) is 18.3. The zero-order valence-electron chi connectivity index (χ0n) is 18.3. The van der Waals surface area contributed by atoms with Gasteiger partial charge in [0.1, 0.15) is 23.2 Å². The summed E-state index contributed by atoms with van der Waals surface area (Å²) in [5.41, 5.74) is 2.02. The summed E-state index contributed by atoms with van der Waals surface area (Å²) in [5.74, 6) is 1.73. The fourth-order valence-electron chi connectivity index (χ4n) is 5.13. The molecule has 0 bridgehead atoms. The van der Waals surface area contributed by atoms with E-state index in [1.807, 2.05) is 48.7 Å². The Kier molecular flexibility index (Phi) is 5.36. The van der Waals surface area contributed by atoms with Crippen LogP contribution in [0.2, 0.25) is 0 Å². The van der Waals surface area contributed by atoms with Crippen LogP contribution in [0.25, 0.3) is 10.9 Å². The average Bonchev–Trinajstić information content (AvgIpc) is 3.18. The summed E-state index contributed by atoms with van der Waals surface area (Å²) in [7, 11) is 1.66. The minimum Gasteiger partial charge on any atom is -0.495 e. The number of Topliss-reactive ketones (excluding diaryl/α,β-unsaturated/α-hetero) is 1. The first-order chi connectivity index (χ1) is 15.6. The van der Waals surface area contributed by atoms with Gasteiger partial charge in [0.25, 0.3) is 0 Å². The first kappa shape index (κ1) is 20.6. The molecule has 164 valence electrons. The molecule has 3 aromatic rings. The highest BCUT2D eigenvalue weighted by atomic mass is 16.5. The van der Waals surface area contributed by atoms with Crippen molar-refractivity contribution in [1.29, 1.82) is 5.26 Å². The summed E-state index contributed by atoms with van der Waals surface area (Å²) in [4.78, 5) is 15.1. The van der Waals surface area contributed by atoms with Gasteiger partial charge in [0.2, 0.25) is 0 Å². The van der Waals surface area contributed by atoms with Gasteiger partial charge in [-0.25, -0.2) is 0 Å². The van der Waals surface area contributed by atoms with Crippen molar-refractivity contribution in [1.82, 2.24) is 9.47 Å². The van der Waals surface area contributed by atoms with E-state index in [-0.39, 0.29) is 11.4 Å². The lowest BCUT2D eigenvalue weighted by molar-refractivity contribution is -0.00926. The zero-order chi connectivity index (χ0) is 22.1. The predicted octanol–water partition coefficient (Wildman–Crippen LogP) is 4.41. The van der Waals surface area contributed by atoms with Crippen molar-refractivity contribution >= 4 is 16.7 Å². The van der Waals surface area contributed by atoms with Gasteiger partial charge >= 0.3 is 0 Å². The van der Waals surface area contributed by atoms with Gasteiger partial charge in [-0.3, -0.25) is 4.79 Å². The van der Waals surface area contributed by atoms with Crippen molar-refractivity contribution in [3.63, 3.8) is 0 Å². The lowest BCUT2D eigenvalue weighted by Gasteiger charge is -2.44. The second-order valence-electron chi connectivity index (χ2n) is 8.78. The van der Waals surface area contributed by atoms with Crippen LogP contribution in [-0.4, -0.2) is 47.6 Å². The number of carbonyl (C=O) groups is 1. The van der Waals surface area contributed by atoms with E-state index in [1.165, 1.54) is 0 Å². The van der Waals surface area contributed by atoms with E-state index >= 15 is 0 Å². The number of piperidine rings is 1. The summed E-state index contributed by atoms with van der Waals surface area (Å²) in [6.45, 7) is 3.64. The van der Waals surface area contributed by atoms with Gasteiger partial charge < -0.3 is 18.9 Å². The molecular formula is C26H27N3O3. The lowest BCUT2D eigenvalue weighted by Crippen LogP contribution is -2.51. The molecule has 3 heterocycles. The normalized spacial score (nSPS) is 17.7. The summed E-state index contributed by atoms with van der Waals surface area (Å²) in [6, 6.07) is 15.7. The molecule has 6 heteroatoms. The van der Waals surface area contributed by atoms with E-state index in [2.05, 4.69) is 15.5 Å². The molecule has 6 nitrogen and oxygen atoms in total. The molecule has 5 rings (SSSR count). The highest BCUT2D eigenvalue weighted by Crippen LogP contribution is 2.39. The molecule has 2 aliphatic rings. The number of aromatic nitrogens is 1. The Morgan fingerprint density at radius 1 is 1.12 bits per heavy atom. The maximum Gasteiger partial charge on any atom is 0.170 e. The average molecular weight is 430 g/mol. The molecule has 1 saturated heterocycles. The number of methoxy groups -OCH3 is 1. The Hall–Kier alpha value is -3.30. The molecule has 2 aliphatic heterocycles. The number of aryl methyl sites for hydroxylation is 1. The van der Waals surface area contributed by atoms with Crippen LogP contribution in [-0.2, 0) is 6.54 Å². The number of hydrogen-bond acceptors (Lipinski definition) is 5. The van der Waals surface area contributed by atoms with Crippen LogP contribution in [0.1, 0.15) is 41.6 Å². The van der Waals surface area contributed by atoms with Gasteiger partial charge in [-0.1, -0.05) is 24.3 Å². The number of nitriles is 1. The second kappa shape index (κ2) is 8.33. The Morgan fingerprint density at radius 2 is 1.94 bits per heavy atom. The van der Waals surface area contributed by atoms with Gasteiger partial charge in [0.05, 0.1) is 30.2 Å². The van der Waals surface area contributed by atoms with Crippen LogP contribution >= 0.6 is 0 Å². The smallest absolute Gasteiger partial charge is 0.170 e. The molecular weight excluding hydrogens is 402 g/mol. The van der Waals surface area contributed by atoms with Crippen LogP contribution in [0.4, 0.5) is 0 Å². The summed E-state index contributed by atoms with van der Waals surface area (Å²) in [6.07, 6.45) is 5.11. The molecule has 0 amide bonds. The Labute approximate surface area is 187 Å². The number of ether oxygens (including phenoxy) is 2. The van der Waals surface area contributed by atoms with Crippen LogP contribution in [0.15, 0.2) is 48.7 Å². The molecule has 1 spiro atoms. The third kappa shape index (κ3) is 3.63. The van der Waals surface area contributed by atoms with Gasteiger partial charge in [0, 0.05) is 44.1 Å². The van der Waals surface area contributed by atoms with E-state index in [1.54, 1.807) is 7.11 Å². The van der Waals surface area contributed by atoms with Gasteiger partial charge in [-0.05, 0) is 31.2 Å². The highest BCUT2D eigenvalue weighted by molar-refractivity contribution is 6.00. The summed E-state index contributed by atoms with van der Waals surface area (Å²) < 4.78 is 14.0. The van der Waals surface area contributed by atoms with Crippen LogP contribution in [0.3, 0.4) is 0 Å². The number of likely N-dealkylation sites (tertiary alicyclic amines) is 1. The Morgan fingerprint density at radius 3 is 2.72 bits per heavy atom. The van der Waals surface area contributed by atoms with Crippen molar-refractivity contribution in [3.8, 4) is 17.6 Å². The number of carbonyl (C=O) groups excluding carboxylic acids is 1. The van der Waals surface area contributed by atoms with Gasteiger partial charge in [0.15, 0.2) is 5.78 Å². The molecule has 0 atom stereocenters. The maximum absolute atomic E-state index is 12.6. The number of benzene rings is 2. The van der Waals surface area contributed by atoms with E-state index < -0.39 is 0 Å². The minimum absolute atomic E-state index is 0.196. The van der Waals surface area contributed by atoms with Crippen molar-refractivity contribution in [2.24, 2.45) is 0 Å². The molecule has 2 aromatic carbocycles. The highest BCUT2D eigenvalue weighted by Gasteiger charge is 2.42. The number of rotatable bonds is 5. The minimum atomic E-state index is -0.354. The fourth-order valence-corrected chi connectivity index (χ4v) is 5.13. The first-order valence-electron chi connectivity index (χ1n) is 11.2. The van der Waals surface area contributed by atoms with Gasteiger partial charge in [-0.2, -0.15) is 5.26 Å². The second-order valence-corrected chi connectivity index (χ2v) is 8.78. The molecule has 0 aliphatic carbocycles. The molecule has 1 fully saturated rings. The maximum atomic E-state index is 12.6. The first-order valence-corrected chi connectivity index (χ1v) is 11.2. The fraction of sp³-hybridized carbons (Fsp3) is 0.385. The summed E-state index contributed by atoms with van der Waals surface area (Å²) in [5, 5.41) is 10.4. The molecule has 0 unspecified atom stereocenters. The SMILES string of the molecule is COc1cccc2c(C#N)cn(CCCN3CCC4(CC3)CC(=O)c3ccccc3O4)c12. The van der Waals surface area contributed by atoms with Crippen LogP contribution < -0.4 is 9.47 Å². The van der Waals surface area contributed by atoms with Crippen molar-refractivity contribution in [3.05, 3.63) is 59.8 Å². The number of fused-ring (bicyclic) bond motifs is 2. The quantitative estimate of drug-likeness (QED) is 0.601. The lowest BCUT2D eigenvalue weighted by atomic mass is 9.82. The number of hydrogen-bond donors (Lipinski definition) is 0. The van der Waals surface area contributed by atoms with Gasteiger partial charge in [-0.15, -0.1) is 0 Å². The van der Waals surface area contributed by atoms with Crippen LogP contribution in [0.5, 0.6) is 11.5 Å². The number of para-hydroxylation sites is 2. The Bertz CT molecular complexity index is 1200. The van der Waals surface area contributed by atoms with Crippen molar-refractivity contribution < 1.29 is 14.3 Å². The largest absolute Gasteiger partial charge is 0.495 e. The van der Waals surface area contributed by atoms with Crippen LogP contribution in [0, 0.1) is 11.3 Å². The molecule has 0 radical (unpaired) electrons. The standard InChI is InChI=1S/C26H27N3O3/c1-31-24-9-4-7-20-19(17-27)18-29(25(20)24)13-5-12-28-14-10-26(11-15-28)16-22(30)21-6-2-3-8-23(21)32-26/h2-4,6-9,18H,5,10-16H2,1H3. The van der Waals surface area contributed by atoms with Crippen molar-refractivity contribution in [2.45, 2.75) is 37.8 Å². The van der Waals surface area contributed by atoms with E-state index in [4.69, 9.17) is 9.47 Å². The number of ketones is 1. The molecule has 0 N–H and O–H groups in total. The topological polar surface area (TPSA) is 67.5 Å². The molecule has 1 aromatic heterocycles. The molecule has 0 saturated carbocycles. The van der Waals surface area contributed by atoms with Crippen molar-refractivity contribution in [2.75, 3.05) is 26.7 Å². The third-order valence-corrected chi connectivity index (χ3v) is 6.84. The number of nitrogens with zero attached hydrogens (tertiary/aromatic N) is 3.